The summed E-state index contributed by atoms with van der Waals surface area (Å²) in [5.41, 5.74) is 7.97. The maximum atomic E-state index is 13.5. The van der Waals surface area contributed by atoms with Crippen molar-refractivity contribution in [1.29, 1.82) is 0 Å². The van der Waals surface area contributed by atoms with E-state index in [4.69, 9.17) is 9.53 Å². The van der Waals surface area contributed by atoms with Crippen LogP contribution in [0.1, 0.15) is 92.8 Å². The fourth-order valence-corrected chi connectivity index (χ4v) is 6.71. The lowest BCUT2D eigenvalue weighted by Crippen LogP contribution is -2.48. The number of nitrogens with zero attached hydrogens (tertiary/aromatic N) is 3. The molecule has 280 valence electrons. The van der Waals surface area contributed by atoms with Crippen LogP contribution in [-0.2, 0) is 21.4 Å². The van der Waals surface area contributed by atoms with E-state index >= 15 is 0 Å². The predicted octanol–water partition coefficient (Wildman–Crippen LogP) is 8.13. The van der Waals surface area contributed by atoms with Crippen molar-refractivity contribution in [2.45, 2.75) is 90.5 Å². The highest BCUT2D eigenvalue weighted by Gasteiger charge is 2.29. The van der Waals surface area contributed by atoms with Crippen LogP contribution in [0.25, 0.3) is 22.5 Å². The normalized spacial score (nSPS) is 12.8. The Labute approximate surface area is 319 Å². The van der Waals surface area contributed by atoms with Gasteiger partial charge in [0.1, 0.15) is 11.8 Å². The van der Waals surface area contributed by atoms with Gasteiger partial charge < -0.3 is 20.7 Å². The minimum atomic E-state index is -0.634. The van der Waals surface area contributed by atoms with Crippen molar-refractivity contribution in [2.75, 3.05) is 26.0 Å². The fourth-order valence-electron chi connectivity index (χ4n) is 5.74. The van der Waals surface area contributed by atoms with Crippen LogP contribution in [0.15, 0.2) is 73.1 Å². The molecule has 0 spiro atoms. The molecule has 1 atom stereocenters. The van der Waals surface area contributed by atoms with Gasteiger partial charge in [-0.25, -0.2) is 9.97 Å². The number of likely N-dealkylation sites (tertiary alicyclic amines) is 1. The van der Waals surface area contributed by atoms with E-state index in [1.807, 2.05) is 78.0 Å². The van der Waals surface area contributed by atoms with Crippen molar-refractivity contribution >= 4 is 42.2 Å². The number of unbranched alkanes of at least 4 members (excludes halogenated alkanes) is 4. The number of nitrogens with one attached hydrogen (secondary N) is 1. The Kier molecular flexibility index (Phi) is 17.8. The van der Waals surface area contributed by atoms with E-state index in [1.54, 1.807) is 6.26 Å². The Morgan fingerprint density at radius 3 is 2.08 bits per heavy atom. The van der Waals surface area contributed by atoms with Crippen LogP contribution in [0, 0.1) is 0 Å². The molecule has 1 fully saturated rings. The molecule has 0 bridgehead atoms. The number of thiophene rings is 1. The number of hydrogen-bond acceptors (Lipinski definition) is 8. The highest BCUT2D eigenvalue weighted by Crippen LogP contribution is 2.30. The summed E-state index contributed by atoms with van der Waals surface area (Å²) in [6.45, 7) is 10.9. The largest absolute Gasteiger partial charge is 0.494 e. The molecule has 52 heavy (non-hydrogen) atoms. The highest BCUT2D eigenvalue weighted by molar-refractivity contribution is 7.79. The predicted molar refractivity (Wildman–Crippen MR) is 216 cm³/mol. The third kappa shape index (κ3) is 13.1. The third-order valence-electron chi connectivity index (χ3n) is 8.60. The van der Waals surface area contributed by atoms with E-state index in [9.17, 15) is 9.59 Å². The Balaban J connectivity index is 0.00000139. The van der Waals surface area contributed by atoms with Gasteiger partial charge in [0.05, 0.1) is 11.5 Å². The Morgan fingerprint density at radius 2 is 1.50 bits per heavy atom. The second-order valence-corrected chi connectivity index (χ2v) is 14.7. The molecule has 2 aromatic heterocycles. The van der Waals surface area contributed by atoms with Crippen LogP contribution in [0.3, 0.4) is 0 Å². The first-order valence-corrected chi connectivity index (χ1v) is 19.8. The summed E-state index contributed by atoms with van der Waals surface area (Å²) < 4.78 is 5.90. The van der Waals surface area contributed by atoms with Gasteiger partial charge in [-0.1, -0.05) is 89.8 Å². The first kappa shape index (κ1) is 42.2. The summed E-state index contributed by atoms with van der Waals surface area (Å²) in [4.78, 5) is 48.3. The molecular formula is C41H55N5O4S2. The molecule has 1 aliphatic heterocycles. The average molecular weight is 746 g/mol. The smallest absolute Gasteiger partial charge is 0.262 e. The van der Waals surface area contributed by atoms with E-state index in [-0.39, 0.29) is 23.6 Å². The van der Waals surface area contributed by atoms with Crippen LogP contribution < -0.4 is 15.8 Å². The summed E-state index contributed by atoms with van der Waals surface area (Å²) in [6.07, 6.45) is 14.1. The molecule has 0 saturated carbocycles. The summed E-state index contributed by atoms with van der Waals surface area (Å²) >= 11 is 5.02. The van der Waals surface area contributed by atoms with E-state index in [1.165, 1.54) is 37.0 Å². The maximum Gasteiger partial charge on any atom is 0.262 e. The Hall–Kier alpha value is -4.22. The summed E-state index contributed by atoms with van der Waals surface area (Å²) in [6, 6.07) is 19.3. The van der Waals surface area contributed by atoms with Crippen molar-refractivity contribution < 1.29 is 19.1 Å². The van der Waals surface area contributed by atoms with Crippen molar-refractivity contribution in [3.05, 3.63) is 88.4 Å². The lowest BCUT2D eigenvalue weighted by atomic mass is 9.95. The molecule has 4 aromatic rings. The molecule has 1 unspecified atom stereocenters. The average Bonchev–Trinajstić information content (AvgIpc) is 3.89. The molecule has 5 rings (SSSR count). The minimum absolute atomic E-state index is 0.0200. The number of carbonyl (C=O) groups is 3. The molecule has 0 aliphatic carbocycles. The molecule has 9 nitrogen and oxygen atoms in total. The summed E-state index contributed by atoms with van der Waals surface area (Å²) in [5.74, 6) is 1.29. The van der Waals surface area contributed by atoms with Gasteiger partial charge in [0.25, 0.3) is 5.91 Å². The second-order valence-electron chi connectivity index (χ2n) is 13.6. The van der Waals surface area contributed by atoms with E-state index in [0.717, 1.165) is 71.8 Å². The molecule has 1 aliphatic rings. The molecule has 3 heterocycles. The summed E-state index contributed by atoms with van der Waals surface area (Å²) in [5, 5.41) is 3.06. The van der Waals surface area contributed by atoms with Crippen LogP contribution in [-0.4, -0.2) is 65.1 Å². The lowest BCUT2D eigenvalue weighted by Gasteiger charge is -2.24. The summed E-state index contributed by atoms with van der Waals surface area (Å²) in [7, 11) is 0. The maximum absolute atomic E-state index is 13.5. The standard InChI is InChI=1S/C39H48N4O3S.CH3NO.CH4S/c1-5-6-7-8-11-24-46-32-18-16-29(17-19-32)31-26-40-36(41-27-31)30-14-12-28(13-15-30)25-33(38(45)43-22-9-10-23-43)42-37(44)34-20-21-35(47-34)39(2,3)4;2-1-3;1-2/h12-21,26-27,33H,5-11,22-25H2,1-4H3,(H,42,44);1H,(H2,2,3);2H,1H3. The van der Waals surface area contributed by atoms with Crippen LogP contribution in [0.4, 0.5) is 0 Å². The lowest BCUT2D eigenvalue weighted by molar-refractivity contribution is -0.132. The number of rotatable bonds is 14. The van der Waals surface area contributed by atoms with Crippen molar-refractivity contribution in [1.82, 2.24) is 20.2 Å². The number of carbonyl (C=O) groups excluding carboxylic acids is 3. The molecule has 1 saturated heterocycles. The molecular weight excluding hydrogens is 691 g/mol. The third-order valence-corrected chi connectivity index (χ3v) is 10.1. The van der Waals surface area contributed by atoms with Gasteiger partial charge in [-0.15, -0.1) is 11.3 Å². The van der Waals surface area contributed by atoms with Crippen molar-refractivity contribution in [3.63, 3.8) is 0 Å². The molecule has 3 amide bonds. The zero-order valence-corrected chi connectivity index (χ0v) is 33.0. The van der Waals surface area contributed by atoms with E-state index < -0.39 is 6.04 Å². The second kappa shape index (κ2) is 22.0. The highest BCUT2D eigenvalue weighted by atomic mass is 32.1. The van der Waals surface area contributed by atoms with Gasteiger partial charge >= 0.3 is 0 Å². The van der Waals surface area contributed by atoms with Crippen LogP contribution in [0.2, 0.25) is 0 Å². The quantitative estimate of drug-likeness (QED) is 0.0680. The molecule has 0 radical (unpaired) electrons. The Morgan fingerprint density at radius 1 is 0.904 bits per heavy atom. The SMILES string of the molecule is CCCCCCCOc1ccc(-c2cnc(-c3ccc(CC(NC(=O)c4ccc(C(C)(C)C)s4)C(=O)N4CCCC4)cc3)nc2)cc1.CS.NC=O. The topological polar surface area (TPSA) is 128 Å². The number of benzene rings is 2. The van der Waals surface area contributed by atoms with Crippen LogP contribution >= 0.6 is 24.0 Å². The molecule has 2 aromatic carbocycles. The first-order valence-electron chi connectivity index (χ1n) is 18.1. The van der Waals surface area contributed by atoms with Crippen molar-refractivity contribution in [3.8, 4) is 28.3 Å². The van der Waals surface area contributed by atoms with Gasteiger partial charge in [-0.05, 0) is 66.3 Å². The number of primary amides is 1. The van der Waals surface area contributed by atoms with Gasteiger partial charge in [0.2, 0.25) is 12.3 Å². The molecule has 11 heteroatoms. The zero-order chi connectivity index (χ0) is 37.9. The van der Waals surface area contributed by atoms with Crippen molar-refractivity contribution in [2.24, 2.45) is 5.73 Å². The zero-order valence-electron chi connectivity index (χ0n) is 31.3. The molecule has 3 N–H and O–H groups in total. The van der Waals surface area contributed by atoms with Gasteiger partial charge in [-0.3, -0.25) is 14.4 Å². The number of thiol groups is 1. The first-order chi connectivity index (χ1) is 25.1. The number of ether oxygens (including phenoxy) is 1. The minimum Gasteiger partial charge on any atom is -0.494 e. The van der Waals surface area contributed by atoms with E-state index in [2.05, 4.69) is 61.3 Å². The van der Waals surface area contributed by atoms with Gasteiger partial charge in [0.15, 0.2) is 5.82 Å². The Bertz CT molecular complexity index is 1650. The number of nitrogens with two attached hydrogens (primary N) is 1. The van der Waals surface area contributed by atoms with Crippen LogP contribution in [0.5, 0.6) is 5.75 Å². The van der Waals surface area contributed by atoms with Gasteiger partial charge in [0, 0.05) is 47.9 Å². The number of aromatic nitrogens is 2. The number of amides is 3. The number of hydrogen-bond donors (Lipinski definition) is 3. The van der Waals surface area contributed by atoms with E-state index in [0.29, 0.717) is 17.1 Å². The fraction of sp³-hybridized carbons (Fsp3) is 0.439. The van der Waals surface area contributed by atoms with Gasteiger partial charge in [-0.2, -0.15) is 12.6 Å². The monoisotopic (exact) mass is 745 g/mol.